The molecule has 0 bridgehead atoms. The lowest BCUT2D eigenvalue weighted by molar-refractivity contribution is -0.144. The maximum absolute atomic E-state index is 12.4. The lowest BCUT2D eigenvalue weighted by Gasteiger charge is -2.12. The Morgan fingerprint density at radius 3 is 2.81 bits per heavy atom. The Balaban J connectivity index is 2.61. The second-order valence-corrected chi connectivity index (χ2v) is 5.01. The lowest BCUT2D eigenvalue weighted by atomic mass is 10.2. The molecule has 0 aliphatic heterocycles. The van der Waals surface area contributed by atoms with Crippen LogP contribution in [0.2, 0.25) is 0 Å². The van der Waals surface area contributed by atoms with Gasteiger partial charge in [0.25, 0.3) is 5.56 Å². The molecule has 0 unspecified atom stereocenters. The molecule has 0 amide bonds. The highest BCUT2D eigenvalue weighted by Crippen LogP contribution is 2.15. The standard InChI is InChI=1S/C15H19N3O3/c1-5-11-7-12-15(20)18(9-13(19)21-6-2)16-14(10(3)4)17(12)8-11/h5,7-8,10H,1,6,9H2,2-4H3. The quantitative estimate of drug-likeness (QED) is 0.788. The lowest BCUT2D eigenvalue weighted by Crippen LogP contribution is -2.30. The molecule has 0 fully saturated rings. The first kappa shape index (κ1) is 15.0. The van der Waals surface area contributed by atoms with Gasteiger partial charge in [-0.15, -0.1) is 0 Å². The van der Waals surface area contributed by atoms with Crippen LogP contribution in [-0.2, 0) is 16.1 Å². The molecule has 0 saturated heterocycles. The molecule has 0 radical (unpaired) electrons. The Morgan fingerprint density at radius 1 is 1.52 bits per heavy atom. The van der Waals surface area contributed by atoms with Gasteiger partial charge in [0.1, 0.15) is 17.9 Å². The summed E-state index contributed by atoms with van der Waals surface area (Å²) in [5, 5.41) is 4.30. The van der Waals surface area contributed by atoms with E-state index in [-0.39, 0.29) is 24.6 Å². The molecular weight excluding hydrogens is 270 g/mol. The van der Waals surface area contributed by atoms with E-state index < -0.39 is 5.97 Å². The molecule has 0 aromatic carbocycles. The Hall–Kier alpha value is -2.37. The summed E-state index contributed by atoms with van der Waals surface area (Å²) in [5.74, 6) is 0.343. The van der Waals surface area contributed by atoms with Crippen LogP contribution in [0, 0.1) is 0 Å². The Kier molecular flexibility index (Phi) is 4.26. The number of carbonyl (C=O) groups is 1. The Labute approximate surface area is 122 Å². The van der Waals surface area contributed by atoms with Crippen LogP contribution in [0.5, 0.6) is 0 Å². The number of aromatic nitrogens is 3. The third-order valence-electron chi connectivity index (χ3n) is 3.10. The summed E-state index contributed by atoms with van der Waals surface area (Å²) in [7, 11) is 0. The van der Waals surface area contributed by atoms with E-state index in [4.69, 9.17) is 4.74 Å². The molecule has 2 heterocycles. The maximum atomic E-state index is 12.4. The fraction of sp³-hybridized carbons (Fsp3) is 0.400. The summed E-state index contributed by atoms with van der Waals surface area (Å²) in [4.78, 5) is 24.0. The molecule has 2 rings (SSSR count). The fourth-order valence-electron chi connectivity index (χ4n) is 2.13. The average Bonchev–Trinajstić information content (AvgIpc) is 2.86. The van der Waals surface area contributed by atoms with Gasteiger partial charge in [0.05, 0.1) is 6.61 Å². The summed E-state index contributed by atoms with van der Waals surface area (Å²) in [6, 6.07) is 1.74. The van der Waals surface area contributed by atoms with Crippen molar-refractivity contribution in [3.05, 3.63) is 40.6 Å². The molecule has 2 aromatic rings. The number of hydrogen-bond acceptors (Lipinski definition) is 4. The molecule has 112 valence electrons. The van der Waals surface area contributed by atoms with Crippen LogP contribution in [0.3, 0.4) is 0 Å². The van der Waals surface area contributed by atoms with Gasteiger partial charge in [-0.05, 0) is 18.6 Å². The van der Waals surface area contributed by atoms with Gasteiger partial charge in [0, 0.05) is 12.1 Å². The zero-order valence-corrected chi connectivity index (χ0v) is 12.5. The van der Waals surface area contributed by atoms with Gasteiger partial charge in [0.2, 0.25) is 0 Å². The third-order valence-corrected chi connectivity index (χ3v) is 3.10. The van der Waals surface area contributed by atoms with Crippen LogP contribution < -0.4 is 5.56 Å². The summed E-state index contributed by atoms with van der Waals surface area (Å²) in [5.41, 5.74) is 0.998. The van der Waals surface area contributed by atoms with Crippen molar-refractivity contribution >= 4 is 17.6 Å². The van der Waals surface area contributed by atoms with Crippen molar-refractivity contribution in [1.29, 1.82) is 0 Å². The molecule has 0 N–H and O–H groups in total. The number of carbonyl (C=O) groups excluding carboxylic acids is 1. The van der Waals surface area contributed by atoms with Crippen LogP contribution in [0.25, 0.3) is 11.6 Å². The van der Waals surface area contributed by atoms with Gasteiger partial charge >= 0.3 is 5.97 Å². The topological polar surface area (TPSA) is 65.6 Å². The molecule has 21 heavy (non-hydrogen) atoms. The summed E-state index contributed by atoms with van der Waals surface area (Å²) < 4.78 is 7.80. The van der Waals surface area contributed by atoms with E-state index in [1.54, 1.807) is 23.5 Å². The van der Waals surface area contributed by atoms with E-state index in [1.165, 1.54) is 0 Å². The highest BCUT2D eigenvalue weighted by atomic mass is 16.5. The number of nitrogens with zero attached hydrogens (tertiary/aromatic N) is 3. The smallest absolute Gasteiger partial charge is 0.327 e. The van der Waals surface area contributed by atoms with Crippen LogP contribution >= 0.6 is 0 Å². The Bertz CT molecular complexity index is 740. The van der Waals surface area contributed by atoms with Crippen molar-refractivity contribution < 1.29 is 9.53 Å². The minimum absolute atomic E-state index is 0.103. The van der Waals surface area contributed by atoms with Gasteiger partial charge < -0.3 is 4.74 Å². The van der Waals surface area contributed by atoms with Crippen LogP contribution in [-0.4, -0.2) is 26.8 Å². The van der Waals surface area contributed by atoms with Crippen molar-refractivity contribution in [3.8, 4) is 0 Å². The number of rotatable bonds is 5. The van der Waals surface area contributed by atoms with Gasteiger partial charge in [0.15, 0.2) is 0 Å². The number of hydrogen-bond donors (Lipinski definition) is 0. The number of ether oxygens (including phenoxy) is 1. The van der Waals surface area contributed by atoms with E-state index in [1.807, 2.05) is 20.0 Å². The van der Waals surface area contributed by atoms with E-state index in [0.717, 1.165) is 10.2 Å². The second-order valence-electron chi connectivity index (χ2n) is 5.01. The minimum Gasteiger partial charge on any atom is -0.465 e. The van der Waals surface area contributed by atoms with Crippen molar-refractivity contribution in [2.45, 2.75) is 33.2 Å². The van der Waals surface area contributed by atoms with E-state index in [0.29, 0.717) is 11.3 Å². The molecule has 0 spiro atoms. The highest BCUT2D eigenvalue weighted by molar-refractivity contribution is 5.69. The minimum atomic E-state index is -0.471. The van der Waals surface area contributed by atoms with Crippen LogP contribution in [0.15, 0.2) is 23.6 Å². The van der Waals surface area contributed by atoms with Gasteiger partial charge in [-0.2, -0.15) is 5.10 Å². The van der Waals surface area contributed by atoms with Gasteiger partial charge in [-0.25, -0.2) is 4.68 Å². The molecule has 6 heteroatoms. The van der Waals surface area contributed by atoms with Crippen molar-refractivity contribution in [1.82, 2.24) is 14.2 Å². The zero-order chi connectivity index (χ0) is 15.6. The van der Waals surface area contributed by atoms with E-state index >= 15 is 0 Å². The second kappa shape index (κ2) is 5.95. The summed E-state index contributed by atoms with van der Waals surface area (Å²) in [6.45, 7) is 9.49. The van der Waals surface area contributed by atoms with E-state index in [9.17, 15) is 9.59 Å². The molecule has 0 saturated carbocycles. The predicted octanol–water partition coefficient (Wildman–Crippen LogP) is 1.83. The number of esters is 1. The maximum Gasteiger partial charge on any atom is 0.327 e. The van der Waals surface area contributed by atoms with Gasteiger partial charge in [-0.1, -0.05) is 26.5 Å². The molecule has 6 nitrogen and oxygen atoms in total. The molecule has 2 aromatic heterocycles. The van der Waals surface area contributed by atoms with Crippen molar-refractivity contribution in [3.63, 3.8) is 0 Å². The first-order valence-corrected chi connectivity index (χ1v) is 6.89. The summed E-state index contributed by atoms with van der Waals surface area (Å²) >= 11 is 0. The molecular formula is C15H19N3O3. The van der Waals surface area contributed by atoms with Gasteiger partial charge in [-0.3, -0.25) is 14.0 Å². The SMILES string of the molecule is C=Cc1cc2c(=O)n(CC(=O)OCC)nc(C(C)C)n2c1. The first-order chi connectivity index (χ1) is 9.97. The first-order valence-electron chi connectivity index (χ1n) is 6.89. The Morgan fingerprint density at radius 2 is 2.24 bits per heavy atom. The van der Waals surface area contributed by atoms with Crippen molar-refractivity contribution in [2.24, 2.45) is 0 Å². The van der Waals surface area contributed by atoms with Crippen LogP contribution in [0.1, 0.15) is 38.1 Å². The fourth-order valence-corrected chi connectivity index (χ4v) is 2.13. The monoisotopic (exact) mass is 289 g/mol. The molecule has 0 atom stereocenters. The average molecular weight is 289 g/mol. The van der Waals surface area contributed by atoms with E-state index in [2.05, 4.69) is 11.7 Å². The molecule has 0 aliphatic carbocycles. The summed E-state index contributed by atoms with van der Waals surface area (Å²) in [6.07, 6.45) is 3.49. The normalized spacial score (nSPS) is 11.0. The largest absolute Gasteiger partial charge is 0.465 e. The van der Waals surface area contributed by atoms with Crippen molar-refractivity contribution in [2.75, 3.05) is 6.61 Å². The predicted molar refractivity (Wildman–Crippen MR) is 80.3 cm³/mol. The zero-order valence-electron chi connectivity index (χ0n) is 12.5. The number of fused-ring (bicyclic) bond motifs is 1. The molecule has 0 aliphatic rings. The van der Waals surface area contributed by atoms with Crippen LogP contribution in [0.4, 0.5) is 0 Å². The third kappa shape index (κ3) is 2.89. The highest BCUT2D eigenvalue weighted by Gasteiger charge is 2.16.